The van der Waals surface area contributed by atoms with E-state index in [1.165, 1.54) is 6.92 Å². The van der Waals surface area contributed by atoms with E-state index in [-0.39, 0.29) is 37.4 Å². The predicted octanol–water partition coefficient (Wildman–Crippen LogP) is 0.878. The van der Waals surface area contributed by atoms with Gasteiger partial charge in [-0.1, -0.05) is 0 Å². The standard InChI is InChI=1S/C9H14O4/c1-3-13-9(12)6-8(11)5-4-7(2)10/h3-6H2,1-2H3. The van der Waals surface area contributed by atoms with Crippen LogP contribution in [0.4, 0.5) is 0 Å². The Bertz CT molecular complexity index is 208. The molecule has 0 saturated carbocycles. The van der Waals surface area contributed by atoms with Gasteiger partial charge in [0.1, 0.15) is 18.0 Å². The third-order valence-electron chi connectivity index (χ3n) is 1.40. The number of hydrogen-bond acceptors (Lipinski definition) is 4. The molecule has 0 aromatic carbocycles. The first-order valence-corrected chi connectivity index (χ1v) is 4.23. The second kappa shape index (κ2) is 6.34. The van der Waals surface area contributed by atoms with E-state index >= 15 is 0 Å². The highest BCUT2D eigenvalue weighted by atomic mass is 16.5. The largest absolute Gasteiger partial charge is 0.466 e. The molecule has 13 heavy (non-hydrogen) atoms. The van der Waals surface area contributed by atoms with E-state index < -0.39 is 5.97 Å². The number of hydrogen-bond donors (Lipinski definition) is 0. The Morgan fingerprint density at radius 3 is 2.23 bits per heavy atom. The lowest BCUT2D eigenvalue weighted by Crippen LogP contribution is -2.11. The van der Waals surface area contributed by atoms with Crippen LogP contribution in [0.5, 0.6) is 0 Å². The molecule has 74 valence electrons. The molecule has 0 bridgehead atoms. The van der Waals surface area contributed by atoms with Gasteiger partial charge in [-0.05, 0) is 13.8 Å². The van der Waals surface area contributed by atoms with Crippen molar-refractivity contribution in [2.45, 2.75) is 33.1 Å². The first kappa shape index (κ1) is 11.8. The molecule has 0 aromatic rings. The molecule has 0 aliphatic heterocycles. The smallest absolute Gasteiger partial charge is 0.313 e. The second-order valence-corrected chi connectivity index (χ2v) is 2.72. The minimum absolute atomic E-state index is 0.0443. The first-order chi connectivity index (χ1) is 6.06. The molecule has 4 heteroatoms. The molecule has 0 aromatic heterocycles. The van der Waals surface area contributed by atoms with Crippen LogP contribution in [0, 0.1) is 0 Å². The third-order valence-corrected chi connectivity index (χ3v) is 1.40. The van der Waals surface area contributed by atoms with E-state index in [2.05, 4.69) is 4.74 Å². The van der Waals surface area contributed by atoms with Gasteiger partial charge in [0.15, 0.2) is 0 Å². The van der Waals surface area contributed by atoms with Crippen molar-refractivity contribution in [3.63, 3.8) is 0 Å². The Labute approximate surface area is 77.3 Å². The highest BCUT2D eigenvalue weighted by molar-refractivity contribution is 5.96. The summed E-state index contributed by atoms with van der Waals surface area (Å²) in [6, 6.07) is 0. The fraction of sp³-hybridized carbons (Fsp3) is 0.667. The zero-order chi connectivity index (χ0) is 10.3. The van der Waals surface area contributed by atoms with E-state index in [1.54, 1.807) is 6.92 Å². The van der Waals surface area contributed by atoms with Crippen LogP contribution in [0.1, 0.15) is 33.1 Å². The fourth-order valence-corrected chi connectivity index (χ4v) is 0.777. The molecule has 0 N–H and O–H groups in total. The lowest BCUT2D eigenvalue weighted by Gasteiger charge is -1.99. The molecule has 0 fully saturated rings. The minimum Gasteiger partial charge on any atom is -0.466 e. The maximum absolute atomic E-state index is 11.0. The molecule has 0 saturated heterocycles. The van der Waals surface area contributed by atoms with E-state index in [4.69, 9.17) is 0 Å². The maximum Gasteiger partial charge on any atom is 0.313 e. The lowest BCUT2D eigenvalue weighted by molar-refractivity contribution is -0.145. The highest BCUT2D eigenvalue weighted by Gasteiger charge is 2.10. The van der Waals surface area contributed by atoms with Gasteiger partial charge in [0.25, 0.3) is 0 Å². The van der Waals surface area contributed by atoms with E-state index in [0.717, 1.165) is 0 Å². The molecular formula is C9H14O4. The summed E-state index contributed by atoms with van der Waals surface area (Å²) in [5.74, 6) is -0.804. The van der Waals surface area contributed by atoms with E-state index in [0.29, 0.717) is 0 Å². The van der Waals surface area contributed by atoms with Gasteiger partial charge >= 0.3 is 5.97 Å². The maximum atomic E-state index is 11.0. The quantitative estimate of drug-likeness (QED) is 0.456. The molecule has 0 amide bonds. The first-order valence-electron chi connectivity index (χ1n) is 4.23. The third kappa shape index (κ3) is 7.18. The summed E-state index contributed by atoms with van der Waals surface area (Å²) >= 11 is 0. The van der Waals surface area contributed by atoms with Crippen molar-refractivity contribution in [3.05, 3.63) is 0 Å². The summed E-state index contributed by atoms with van der Waals surface area (Å²) in [7, 11) is 0. The Kier molecular flexibility index (Phi) is 5.76. The summed E-state index contributed by atoms with van der Waals surface area (Å²) in [6.07, 6.45) is 0.119. The average molecular weight is 186 g/mol. The number of rotatable bonds is 6. The predicted molar refractivity (Wildman–Crippen MR) is 46.2 cm³/mol. The SMILES string of the molecule is CCOC(=O)CC(=O)CCC(C)=O. The van der Waals surface area contributed by atoms with Crippen molar-refractivity contribution in [2.24, 2.45) is 0 Å². The number of Topliss-reactive ketones (excluding diaryl/α,β-unsaturated/α-hetero) is 2. The number of ketones is 2. The number of esters is 1. The average Bonchev–Trinajstić information content (AvgIpc) is 2.01. The van der Waals surface area contributed by atoms with Gasteiger partial charge in [-0.3, -0.25) is 9.59 Å². The monoisotopic (exact) mass is 186 g/mol. The molecule has 0 rings (SSSR count). The van der Waals surface area contributed by atoms with Gasteiger partial charge < -0.3 is 9.53 Å². The highest BCUT2D eigenvalue weighted by Crippen LogP contribution is 1.97. The van der Waals surface area contributed by atoms with Crippen LogP contribution in [0.25, 0.3) is 0 Å². The van der Waals surface area contributed by atoms with E-state index in [9.17, 15) is 14.4 Å². The van der Waals surface area contributed by atoms with Gasteiger partial charge in [-0.2, -0.15) is 0 Å². The van der Waals surface area contributed by atoms with Gasteiger partial charge in [-0.15, -0.1) is 0 Å². The van der Waals surface area contributed by atoms with Crippen molar-refractivity contribution in [1.29, 1.82) is 0 Å². The molecule has 0 atom stereocenters. The molecule has 0 unspecified atom stereocenters. The summed E-state index contributed by atoms with van der Waals surface area (Å²) < 4.78 is 4.57. The van der Waals surface area contributed by atoms with Crippen LogP contribution < -0.4 is 0 Å². The second-order valence-electron chi connectivity index (χ2n) is 2.72. The minimum atomic E-state index is -0.518. The number of carbonyl (C=O) groups excluding carboxylic acids is 3. The zero-order valence-electron chi connectivity index (χ0n) is 7.96. The molecule has 0 radical (unpaired) electrons. The van der Waals surface area contributed by atoms with Gasteiger partial charge in [0.2, 0.25) is 0 Å². The molecule has 0 aliphatic rings. The van der Waals surface area contributed by atoms with Crippen LogP contribution in [-0.2, 0) is 19.1 Å². The summed E-state index contributed by atoms with van der Waals surface area (Å²) in [4.78, 5) is 32.2. The van der Waals surface area contributed by atoms with Gasteiger partial charge in [-0.25, -0.2) is 0 Å². The topological polar surface area (TPSA) is 60.4 Å². The molecule has 0 aliphatic carbocycles. The van der Waals surface area contributed by atoms with Gasteiger partial charge in [0.05, 0.1) is 6.61 Å². The Morgan fingerprint density at radius 1 is 1.15 bits per heavy atom. The molecule has 0 heterocycles. The van der Waals surface area contributed by atoms with Crippen LogP contribution in [0.15, 0.2) is 0 Å². The summed E-state index contributed by atoms with van der Waals surface area (Å²) in [6.45, 7) is 3.37. The van der Waals surface area contributed by atoms with Crippen molar-refractivity contribution in [2.75, 3.05) is 6.61 Å². The molecular weight excluding hydrogens is 172 g/mol. The van der Waals surface area contributed by atoms with Crippen LogP contribution in [0.3, 0.4) is 0 Å². The normalized spacial score (nSPS) is 9.38. The summed E-state index contributed by atoms with van der Waals surface area (Å²) in [5.41, 5.74) is 0. The van der Waals surface area contributed by atoms with Crippen LogP contribution >= 0.6 is 0 Å². The Hall–Kier alpha value is -1.19. The van der Waals surface area contributed by atoms with Crippen molar-refractivity contribution < 1.29 is 19.1 Å². The number of ether oxygens (including phenoxy) is 1. The van der Waals surface area contributed by atoms with Crippen molar-refractivity contribution in [1.82, 2.24) is 0 Å². The molecule has 0 spiro atoms. The molecule has 4 nitrogen and oxygen atoms in total. The van der Waals surface area contributed by atoms with Crippen molar-refractivity contribution >= 4 is 17.5 Å². The zero-order valence-corrected chi connectivity index (χ0v) is 7.96. The Morgan fingerprint density at radius 2 is 1.77 bits per heavy atom. The van der Waals surface area contributed by atoms with Crippen LogP contribution in [0.2, 0.25) is 0 Å². The number of carbonyl (C=O) groups is 3. The van der Waals surface area contributed by atoms with Crippen LogP contribution in [-0.4, -0.2) is 24.1 Å². The summed E-state index contributed by atoms with van der Waals surface area (Å²) in [5, 5.41) is 0. The fourth-order valence-electron chi connectivity index (χ4n) is 0.777. The van der Waals surface area contributed by atoms with E-state index in [1.807, 2.05) is 0 Å². The Balaban J connectivity index is 3.62. The van der Waals surface area contributed by atoms with Crippen molar-refractivity contribution in [3.8, 4) is 0 Å². The lowest BCUT2D eigenvalue weighted by atomic mass is 10.1. The van der Waals surface area contributed by atoms with Gasteiger partial charge in [0, 0.05) is 12.8 Å².